The van der Waals surface area contributed by atoms with E-state index >= 15 is 0 Å². The maximum atomic E-state index is 3.38. The molecule has 1 aromatic carbocycles. The number of nitrogens with one attached hydrogen (secondary N) is 1. The van der Waals surface area contributed by atoms with Gasteiger partial charge in [-0.3, -0.25) is 0 Å². The maximum absolute atomic E-state index is 3.38. The van der Waals surface area contributed by atoms with E-state index in [1.54, 1.807) is 0 Å². The number of benzene rings is 1. The van der Waals surface area contributed by atoms with Crippen molar-refractivity contribution in [2.75, 3.05) is 31.6 Å². The molecule has 0 spiro atoms. The summed E-state index contributed by atoms with van der Waals surface area (Å²) in [5.74, 6) is 0. The highest BCUT2D eigenvalue weighted by molar-refractivity contribution is 5.59. The largest absolute Gasteiger partial charge is 0.374 e. The first kappa shape index (κ1) is 22.0. The first-order valence-electron chi connectivity index (χ1n) is 9.06. The predicted octanol–water partition coefficient (Wildman–Crippen LogP) is 5.63. The Morgan fingerprint density at radius 3 is 2.00 bits per heavy atom. The van der Waals surface area contributed by atoms with Gasteiger partial charge in [-0.05, 0) is 57.8 Å². The van der Waals surface area contributed by atoms with Gasteiger partial charge in [-0.15, -0.1) is 0 Å². The van der Waals surface area contributed by atoms with Crippen LogP contribution in [-0.2, 0) is 0 Å². The quantitative estimate of drug-likeness (QED) is 0.624. The van der Waals surface area contributed by atoms with Gasteiger partial charge in [0, 0.05) is 19.3 Å². The van der Waals surface area contributed by atoms with Gasteiger partial charge in [-0.1, -0.05) is 57.7 Å². The molecule has 0 radical (unpaired) electrons. The standard InChI is InChI=1S/C17H30N2.C3H6.CH4/c1-6-18-10-8-7-9-11-19(5)17-15(3)12-14(2)13-16(17)4;1-2-3-1;/h12-13,18H,6-11H2,1-5H3;1-3H2;1H4. The van der Waals surface area contributed by atoms with Gasteiger partial charge >= 0.3 is 0 Å². The van der Waals surface area contributed by atoms with Gasteiger partial charge in [-0.25, -0.2) is 0 Å². The summed E-state index contributed by atoms with van der Waals surface area (Å²) < 4.78 is 0. The molecule has 1 N–H and O–H groups in total. The van der Waals surface area contributed by atoms with Crippen LogP contribution in [0.25, 0.3) is 0 Å². The Labute approximate surface area is 145 Å². The SMILES string of the molecule is C.C1CC1.CCNCCCCCN(C)c1c(C)cc(C)cc1C. The lowest BCUT2D eigenvalue weighted by Crippen LogP contribution is -2.21. The second-order valence-corrected chi connectivity index (χ2v) is 6.64. The number of aryl methyl sites for hydroxylation is 3. The van der Waals surface area contributed by atoms with Crippen molar-refractivity contribution >= 4 is 5.69 Å². The predicted molar refractivity (Wildman–Crippen MR) is 107 cm³/mol. The fourth-order valence-corrected chi connectivity index (χ4v) is 2.84. The van der Waals surface area contributed by atoms with Gasteiger partial charge < -0.3 is 10.2 Å². The number of nitrogens with zero attached hydrogens (tertiary/aromatic N) is 1. The van der Waals surface area contributed by atoms with Crippen molar-refractivity contribution in [2.45, 2.75) is 73.6 Å². The van der Waals surface area contributed by atoms with Crippen LogP contribution in [0.5, 0.6) is 0 Å². The minimum atomic E-state index is 0. The molecule has 2 rings (SSSR count). The molecule has 1 saturated carbocycles. The van der Waals surface area contributed by atoms with Gasteiger partial charge in [0.1, 0.15) is 0 Å². The van der Waals surface area contributed by atoms with Crippen molar-refractivity contribution in [3.8, 4) is 0 Å². The molecule has 0 unspecified atom stereocenters. The molecule has 0 saturated heterocycles. The second kappa shape index (κ2) is 12.4. The number of hydrogen-bond acceptors (Lipinski definition) is 2. The molecule has 1 aliphatic rings. The highest BCUT2D eigenvalue weighted by Crippen LogP contribution is 2.25. The first-order chi connectivity index (χ1) is 10.6. The third-order valence-electron chi connectivity index (χ3n) is 3.97. The van der Waals surface area contributed by atoms with E-state index in [4.69, 9.17) is 0 Å². The second-order valence-electron chi connectivity index (χ2n) is 6.64. The van der Waals surface area contributed by atoms with E-state index < -0.39 is 0 Å². The van der Waals surface area contributed by atoms with E-state index in [1.165, 1.54) is 60.9 Å². The Balaban J connectivity index is 0.00000108. The maximum Gasteiger partial charge on any atom is 0.0423 e. The number of anilines is 1. The van der Waals surface area contributed by atoms with Crippen LogP contribution in [0.1, 0.15) is 69.6 Å². The number of rotatable bonds is 8. The van der Waals surface area contributed by atoms with Gasteiger partial charge in [0.05, 0.1) is 0 Å². The monoisotopic (exact) mass is 320 g/mol. The lowest BCUT2D eigenvalue weighted by molar-refractivity contribution is 0.615. The summed E-state index contributed by atoms with van der Waals surface area (Å²) in [5.41, 5.74) is 5.57. The van der Waals surface area contributed by atoms with Crippen LogP contribution in [0.15, 0.2) is 12.1 Å². The smallest absolute Gasteiger partial charge is 0.0423 e. The summed E-state index contributed by atoms with van der Waals surface area (Å²) in [4.78, 5) is 2.41. The molecule has 0 aromatic heterocycles. The topological polar surface area (TPSA) is 15.3 Å². The van der Waals surface area contributed by atoms with E-state index in [-0.39, 0.29) is 7.43 Å². The Morgan fingerprint density at radius 1 is 0.957 bits per heavy atom. The van der Waals surface area contributed by atoms with Crippen molar-refractivity contribution in [1.82, 2.24) is 5.32 Å². The van der Waals surface area contributed by atoms with Crippen LogP contribution in [0.4, 0.5) is 5.69 Å². The third kappa shape index (κ3) is 9.65. The lowest BCUT2D eigenvalue weighted by Gasteiger charge is -2.24. The molecule has 1 fully saturated rings. The zero-order chi connectivity index (χ0) is 16.4. The van der Waals surface area contributed by atoms with E-state index in [0.717, 1.165) is 19.6 Å². The summed E-state index contributed by atoms with van der Waals surface area (Å²) >= 11 is 0. The molecule has 2 nitrogen and oxygen atoms in total. The summed E-state index contributed by atoms with van der Waals surface area (Å²) in [5, 5.41) is 3.38. The molecule has 1 aromatic rings. The first-order valence-corrected chi connectivity index (χ1v) is 9.06. The molecular formula is C21H40N2. The zero-order valence-electron chi connectivity index (χ0n) is 15.5. The Hall–Kier alpha value is -1.02. The van der Waals surface area contributed by atoms with Crippen LogP contribution < -0.4 is 10.2 Å². The van der Waals surface area contributed by atoms with Crippen LogP contribution in [0.2, 0.25) is 0 Å². The summed E-state index contributed by atoms with van der Waals surface area (Å²) in [6.45, 7) is 12.2. The Kier molecular flexibility index (Phi) is 11.9. The van der Waals surface area contributed by atoms with Gasteiger partial charge in [-0.2, -0.15) is 0 Å². The third-order valence-corrected chi connectivity index (χ3v) is 3.97. The zero-order valence-corrected chi connectivity index (χ0v) is 15.5. The van der Waals surface area contributed by atoms with Crippen molar-refractivity contribution in [1.29, 1.82) is 0 Å². The van der Waals surface area contributed by atoms with E-state index in [0.29, 0.717) is 0 Å². The minimum absolute atomic E-state index is 0. The van der Waals surface area contributed by atoms with Gasteiger partial charge in [0.2, 0.25) is 0 Å². The normalized spacial score (nSPS) is 12.0. The molecule has 0 heterocycles. The average Bonchev–Trinajstić information content (AvgIpc) is 3.29. The number of hydrogen-bond donors (Lipinski definition) is 1. The van der Waals surface area contributed by atoms with Crippen LogP contribution in [0, 0.1) is 20.8 Å². The Bertz CT molecular complexity index is 398. The van der Waals surface area contributed by atoms with Crippen molar-refractivity contribution in [3.63, 3.8) is 0 Å². The molecule has 0 bridgehead atoms. The fraction of sp³-hybridized carbons (Fsp3) is 0.714. The Morgan fingerprint density at radius 2 is 1.52 bits per heavy atom. The van der Waals surface area contributed by atoms with Gasteiger partial charge in [0.25, 0.3) is 0 Å². The van der Waals surface area contributed by atoms with E-state index in [9.17, 15) is 0 Å². The lowest BCUT2D eigenvalue weighted by atomic mass is 10.0. The minimum Gasteiger partial charge on any atom is -0.374 e. The average molecular weight is 321 g/mol. The molecule has 0 amide bonds. The molecule has 0 aliphatic heterocycles. The van der Waals surface area contributed by atoms with Crippen molar-refractivity contribution in [2.24, 2.45) is 0 Å². The highest BCUT2D eigenvalue weighted by atomic mass is 15.1. The van der Waals surface area contributed by atoms with Crippen LogP contribution in [0.3, 0.4) is 0 Å². The molecule has 0 atom stereocenters. The summed E-state index contributed by atoms with van der Waals surface area (Å²) in [6, 6.07) is 4.56. The summed E-state index contributed by atoms with van der Waals surface area (Å²) in [6.07, 6.45) is 8.36. The molecule has 23 heavy (non-hydrogen) atoms. The van der Waals surface area contributed by atoms with Crippen LogP contribution in [-0.4, -0.2) is 26.7 Å². The van der Waals surface area contributed by atoms with E-state index in [2.05, 4.69) is 57.1 Å². The molecule has 134 valence electrons. The molecule has 1 aliphatic carbocycles. The summed E-state index contributed by atoms with van der Waals surface area (Å²) in [7, 11) is 2.22. The molecular weight excluding hydrogens is 280 g/mol. The van der Waals surface area contributed by atoms with Crippen LogP contribution >= 0.6 is 0 Å². The highest BCUT2D eigenvalue weighted by Gasteiger charge is 2.08. The van der Waals surface area contributed by atoms with Crippen molar-refractivity contribution < 1.29 is 0 Å². The van der Waals surface area contributed by atoms with Crippen molar-refractivity contribution in [3.05, 3.63) is 28.8 Å². The molecule has 2 heteroatoms. The van der Waals surface area contributed by atoms with E-state index in [1.807, 2.05) is 0 Å². The van der Waals surface area contributed by atoms with Gasteiger partial charge in [0.15, 0.2) is 0 Å². The fourth-order valence-electron chi connectivity index (χ4n) is 2.84. The number of unbranched alkanes of at least 4 members (excludes halogenated alkanes) is 2.